The van der Waals surface area contributed by atoms with E-state index in [0.717, 1.165) is 35.4 Å². The van der Waals surface area contributed by atoms with Crippen LogP contribution in [0.3, 0.4) is 0 Å². The van der Waals surface area contributed by atoms with Gasteiger partial charge in [-0.25, -0.2) is 8.42 Å². The van der Waals surface area contributed by atoms with Crippen molar-refractivity contribution in [3.63, 3.8) is 0 Å². The number of carbonyl (C=O) groups excluding carboxylic acids is 1. The fraction of sp³-hybridized carbons (Fsp3) is 0.167. The summed E-state index contributed by atoms with van der Waals surface area (Å²) in [5.74, 6) is -0.0208. The van der Waals surface area contributed by atoms with Gasteiger partial charge < -0.3 is 4.90 Å². The molecule has 140 valence electrons. The van der Waals surface area contributed by atoms with Crippen molar-refractivity contribution >= 4 is 61.6 Å². The zero-order valence-corrected chi connectivity index (χ0v) is 17.2. The Balaban J connectivity index is 1.61. The molecule has 1 amide bonds. The Morgan fingerprint density at radius 1 is 1.19 bits per heavy atom. The lowest BCUT2D eigenvalue weighted by atomic mass is 10.0. The Morgan fingerprint density at radius 3 is 2.74 bits per heavy atom. The molecule has 0 spiro atoms. The molecule has 4 rings (SSSR count). The largest absolute Gasteiger partial charge is 0.307 e. The highest BCUT2D eigenvalue weighted by Crippen LogP contribution is 2.33. The van der Waals surface area contributed by atoms with Crippen LogP contribution < -0.4 is 9.62 Å². The summed E-state index contributed by atoms with van der Waals surface area (Å²) in [6.07, 6.45) is 1.63. The highest BCUT2D eigenvalue weighted by Gasteiger charge is 2.25. The van der Waals surface area contributed by atoms with Crippen molar-refractivity contribution in [2.24, 2.45) is 0 Å². The predicted molar refractivity (Wildman–Crippen MR) is 111 cm³/mol. The number of fused-ring (bicyclic) bond motifs is 1. The summed E-state index contributed by atoms with van der Waals surface area (Å²) in [7, 11) is -3.68. The first-order valence-corrected chi connectivity index (χ1v) is 11.8. The van der Waals surface area contributed by atoms with E-state index in [1.54, 1.807) is 29.2 Å². The van der Waals surface area contributed by atoms with Crippen molar-refractivity contribution in [2.75, 3.05) is 16.2 Å². The van der Waals surface area contributed by atoms with Gasteiger partial charge in [0.05, 0.1) is 9.21 Å². The number of nitrogens with zero attached hydrogens (tertiary/aromatic N) is 1. The number of rotatable bonds is 4. The Labute approximate surface area is 170 Å². The van der Waals surface area contributed by atoms with Crippen LogP contribution in [0, 0.1) is 0 Å². The maximum absolute atomic E-state index is 12.7. The molecule has 0 atom stereocenters. The SMILES string of the molecule is O=C(c1cccs1)N1CCCc2cc(NS(=O)(=O)c3ccc(Cl)s3)ccc21. The van der Waals surface area contributed by atoms with Gasteiger partial charge in [0.1, 0.15) is 4.21 Å². The Bertz CT molecular complexity index is 1090. The number of nitrogens with one attached hydrogen (secondary N) is 1. The van der Waals surface area contributed by atoms with Crippen LogP contribution in [0.5, 0.6) is 0 Å². The number of hydrogen-bond donors (Lipinski definition) is 1. The molecule has 27 heavy (non-hydrogen) atoms. The summed E-state index contributed by atoms with van der Waals surface area (Å²) in [4.78, 5) is 15.2. The average Bonchev–Trinajstić information content (AvgIpc) is 3.32. The van der Waals surface area contributed by atoms with Crippen molar-refractivity contribution < 1.29 is 13.2 Å². The summed E-state index contributed by atoms with van der Waals surface area (Å²) in [5.41, 5.74) is 2.26. The minimum atomic E-state index is -3.68. The summed E-state index contributed by atoms with van der Waals surface area (Å²) in [6.45, 7) is 0.655. The van der Waals surface area contributed by atoms with Crippen LogP contribution in [0.25, 0.3) is 0 Å². The molecule has 1 aliphatic heterocycles. The number of aryl methyl sites for hydroxylation is 1. The summed E-state index contributed by atoms with van der Waals surface area (Å²) in [5, 5.41) is 1.88. The van der Waals surface area contributed by atoms with E-state index < -0.39 is 10.0 Å². The molecule has 3 heterocycles. The van der Waals surface area contributed by atoms with E-state index in [0.29, 0.717) is 21.4 Å². The first kappa shape index (κ1) is 18.5. The zero-order chi connectivity index (χ0) is 19.0. The first-order valence-electron chi connectivity index (χ1n) is 8.20. The number of anilines is 2. The quantitative estimate of drug-likeness (QED) is 0.632. The van der Waals surface area contributed by atoms with Crippen LogP contribution in [0.1, 0.15) is 21.7 Å². The second-order valence-corrected chi connectivity index (χ2v) is 10.6. The van der Waals surface area contributed by atoms with Gasteiger partial charge in [0, 0.05) is 17.9 Å². The van der Waals surface area contributed by atoms with E-state index in [9.17, 15) is 13.2 Å². The molecule has 0 saturated heterocycles. The molecule has 1 aromatic carbocycles. The molecule has 2 aromatic heterocycles. The minimum absolute atomic E-state index is 0.0208. The van der Waals surface area contributed by atoms with Gasteiger partial charge in [0.2, 0.25) is 0 Å². The number of carbonyl (C=O) groups is 1. The van der Waals surface area contributed by atoms with Crippen LogP contribution in [0.2, 0.25) is 4.34 Å². The highest BCUT2D eigenvalue weighted by molar-refractivity contribution is 7.94. The third-order valence-corrected chi connectivity index (χ3v) is 8.20. The van der Waals surface area contributed by atoms with E-state index in [2.05, 4.69) is 4.72 Å². The molecule has 3 aromatic rings. The van der Waals surface area contributed by atoms with Gasteiger partial charge in [-0.05, 0) is 60.2 Å². The van der Waals surface area contributed by atoms with E-state index in [1.165, 1.54) is 17.4 Å². The van der Waals surface area contributed by atoms with Crippen molar-refractivity contribution in [3.05, 3.63) is 62.6 Å². The number of benzene rings is 1. The van der Waals surface area contributed by atoms with Gasteiger partial charge >= 0.3 is 0 Å². The fourth-order valence-electron chi connectivity index (χ4n) is 3.05. The van der Waals surface area contributed by atoms with Gasteiger partial charge in [-0.3, -0.25) is 9.52 Å². The van der Waals surface area contributed by atoms with Crippen molar-refractivity contribution in [1.82, 2.24) is 0 Å². The Hall–Kier alpha value is -1.87. The lowest BCUT2D eigenvalue weighted by molar-refractivity contribution is 0.0989. The van der Waals surface area contributed by atoms with E-state index in [4.69, 9.17) is 11.6 Å². The number of sulfonamides is 1. The van der Waals surface area contributed by atoms with Crippen LogP contribution in [-0.4, -0.2) is 20.9 Å². The lowest BCUT2D eigenvalue weighted by Crippen LogP contribution is -2.35. The Morgan fingerprint density at radius 2 is 2.04 bits per heavy atom. The fourth-order valence-corrected chi connectivity index (χ4v) is 6.26. The second kappa shape index (κ2) is 7.27. The monoisotopic (exact) mass is 438 g/mol. The smallest absolute Gasteiger partial charge is 0.271 e. The second-order valence-electron chi connectivity index (χ2n) is 6.05. The molecule has 9 heteroatoms. The van der Waals surface area contributed by atoms with E-state index in [-0.39, 0.29) is 10.1 Å². The minimum Gasteiger partial charge on any atom is -0.307 e. The van der Waals surface area contributed by atoms with Crippen molar-refractivity contribution in [3.8, 4) is 0 Å². The van der Waals surface area contributed by atoms with Crippen LogP contribution >= 0.6 is 34.3 Å². The van der Waals surface area contributed by atoms with Crippen LogP contribution in [-0.2, 0) is 16.4 Å². The molecule has 0 radical (unpaired) electrons. The maximum Gasteiger partial charge on any atom is 0.271 e. The molecule has 0 bridgehead atoms. The molecule has 0 saturated carbocycles. The summed E-state index contributed by atoms with van der Waals surface area (Å²) in [6, 6.07) is 12.0. The van der Waals surface area contributed by atoms with Crippen molar-refractivity contribution in [1.29, 1.82) is 0 Å². The number of thiophene rings is 2. The van der Waals surface area contributed by atoms with Crippen LogP contribution in [0.15, 0.2) is 52.1 Å². The third-order valence-electron chi connectivity index (χ3n) is 4.24. The van der Waals surface area contributed by atoms with E-state index >= 15 is 0 Å². The molecule has 0 fully saturated rings. The van der Waals surface area contributed by atoms with Gasteiger partial charge in [0.25, 0.3) is 15.9 Å². The zero-order valence-electron chi connectivity index (χ0n) is 14.0. The number of hydrogen-bond acceptors (Lipinski definition) is 5. The maximum atomic E-state index is 12.7. The number of halogens is 1. The number of amides is 1. The molecule has 5 nitrogen and oxygen atoms in total. The van der Waals surface area contributed by atoms with E-state index in [1.807, 2.05) is 17.5 Å². The molecule has 1 N–H and O–H groups in total. The summed E-state index contributed by atoms with van der Waals surface area (Å²) >= 11 is 8.27. The topological polar surface area (TPSA) is 66.5 Å². The van der Waals surface area contributed by atoms with Gasteiger partial charge in [-0.15, -0.1) is 22.7 Å². The standard InChI is InChI=1S/C18H15ClN2O3S3/c19-16-7-8-17(26-16)27(23,24)20-13-5-6-14-12(11-13)3-1-9-21(14)18(22)15-4-2-10-25-15/h2,4-8,10-11,20H,1,3,9H2. The molecular weight excluding hydrogens is 424 g/mol. The Kier molecular flexibility index (Phi) is 4.98. The molecule has 0 aliphatic carbocycles. The third kappa shape index (κ3) is 3.75. The lowest BCUT2D eigenvalue weighted by Gasteiger charge is -2.29. The average molecular weight is 439 g/mol. The first-order chi connectivity index (χ1) is 12.9. The van der Waals surface area contributed by atoms with Gasteiger partial charge in [0.15, 0.2) is 0 Å². The van der Waals surface area contributed by atoms with Crippen LogP contribution in [0.4, 0.5) is 11.4 Å². The van der Waals surface area contributed by atoms with Gasteiger partial charge in [-0.1, -0.05) is 17.7 Å². The normalized spacial score (nSPS) is 14.0. The highest BCUT2D eigenvalue weighted by atomic mass is 35.5. The predicted octanol–water partition coefficient (Wildman–Crippen LogP) is 4.86. The summed E-state index contributed by atoms with van der Waals surface area (Å²) < 4.78 is 28.2. The van der Waals surface area contributed by atoms with Gasteiger partial charge in [-0.2, -0.15) is 0 Å². The molecular formula is C18H15ClN2O3S3. The molecule has 0 unspecified atom stereocenters. The van der Waals surface area contributed by atoms with Crippen molar-refractivity contribution in [2.45, 2.75) is 17.1 Å². The molecule has 1 aliphatic rings.